The third-order valence-electron chi connectivity index (χ3n) is 5.60. The summed E-state index contributed by atoms with van der Waals surface area (Å²) in [5, 5.41) is 2.86. The molecule has 2 heterocycles. The number of hydrogen-bond acceptors (Lipinski definition) is 3. The fourth-order valence-electron chi connectivity index (χ4n) is 4.15. The van der Waals surface area contributed by atoms with Crippen molar-refractivity contribution in [3.05, 3.63) is 40.9 Å². The van der Waals surface area contributed by atoms with E-state index in [4.69, 9.17) is 0 Å². The average Bonchev–Trinajstić information content (AvgIpc) is 3.11. The van der Waals surface area contributed by atoms with Gasteiger partial charge in [0.1, 0.15) is 10.7 Å². The summed E-state index contributed by atoms with van der Waals surface area (Å²) in [6, 6.07) is 8.34. The molecule has 0 radical (unpaired) electrons. The van der Waals surface area contributed by atoms with E-state index in [0.29, 0.717) is 11.6 Å². The standard InChI is InChI=1S/C20H24N2OS/c1-14-6-8-16(9-7-14)19-21-18(13-24-19)20(23)22-11-10-15-4-2-3-5-17(15)12-22/h6-9,13,15,17H,2-5,10-12H2,1H3/t15-,17-/m0/s1. The molecule has 4 heteroatoms. The number of benzene rings is 1. The maximum Gasteiger partial charge on any atom is 0.273 e. The van der Waals surface area contributed by atoms with Gasteiger partial charge in [-0.1, -0.05) is 49.1 Å². The Bertz CT molecular complexity index is 721. The zero-order valence-corrected chi connectivity index (χ0v) is 15.0. The van der Waals surface area contributed by atoms with Crippen molar-refractivity contribution in [3.8, 4) is 10.6 Å². The maximum atomic E-state index is 12.8. The first-order valence-electron chi connectivity index (χ1n) is 9.02. The number of hydrogen-bond donors (Lipinski definition) is 0. The predicted molar refractivity (Wildman–Crippen MR) is 98.3 cm³/mol. The first kappa shape index (κ1) is 15.8. The van der Waals surface area contributed by atoms with Crippen molar-refractivity contribution in [1.29, 1.82) is 0 Å². The minimum Gasteiger partial charge on any atom is -0.337 e. The van der Waals surface area contributed by atoms with E-state index in [1.807, 2.05) is 10.3 Å². The van der Waals surface area contributed by atoms with E-state index in [2.05, 4.69) is 36.2 Å². The number of carbonyl (C=O) groups excluding carboxylic acids is 1. The fourth-order valence-corrected chi connectivity index (χ4v) is 4.95. The van der Waals surface area contributed by atoms with Crippen molar-refractivity contribution < 1.29 is 4.79 Å². The summed E-state index contributed by atoms with van der Waals surface area (Å²) in [6.45, 7) is 3.91. The second-order valence-corrected chi connectivity index (χ2v) is 8.11. The first-order chi connectivity index (χ1) is 11.7. The first-order valence-corrected chi connectivity index (χ1v) is 9.90. The molecule has 1 aliphatic heterocycles. The van der Waals surface area contributed by atoms with Crippen LogP contribution in [-0.2, 0) is 0 Å². The average molecular weight is 340 g/mol. The van der Waals surface area contributed by atoms with Crippen molar-refractivity contribution in [2.75, 3.05) is 13.1 Å². The lowest BCUT2D eigenvalue weighted by Crippen LogP contribution is -2.44. The van der Waals surface area contributed by atoms with Crippen LogP contribution < -0.4 is 0 Å². The monoisotopic (exact) mass is 340 g/mol. The molecule has 0 unspecified atom stereocenters. The van der Waals surface area contributed by atoms with Gasteiger partial charge in [0.05, 0.1) is 0 Å². The molecule has 2 atom stereocenters. The summed E-state index contributed by atoms with van der Waals surface area (Å²) in [6.07, 6.45) is 6.53. The van der Waals surface area contributed by atoms with E-state index in [-0.39, 0.29) is 5.91 Å². The van der Waals surface area contributed by atoms with Crippen molar-refractivity contribution in [3.63, 3.8) is 0 Å². The van der Waals surface area contributed by atoms with Crippen molar-refractivity contribution in [2.24, 2.45) is 11.8 Å². The van der Waals surface area contributed by atoms with Gasteiger partial charge < -0.3 is 4.90 Å². The molecule has 4 rings (SSSR count). The van der Waals surface area contributed by atoms with Gasteiger partial charge in [0.15, 0.2) is 0 Å². The second kappa shape index (κ2) is 6.67. The number of piperidine rings is 1. The molecule has 1 aromatic heterocycles. The van der Waals surface area contributed by atoms with Crippen LogP contribution in [-0.4, -0.2) is 28.9 Å². The summed E-state index contributed by atoms with van der Waals surface area (Å²) >= 11 is 1.56. The van der Waals surface area contributed by atoms with Gasteiger partial charge in [-0.3, -0.25) is 4.79 Å². The van der Waals surface area contributed by atoms with Gasteiger partial charge in [0.25, 0.3) is 5.91 Å². The van der Waals surface area contributed by atoms with Crippen molar-refractivity contribution >= 4 is 17.2 Å². The van der Waals surface area contributed by atoms with Crippen LogP contribution in [0.25, 0.3) is 10.6 Å². The van der Waals surface area contributed by atoms with Crippen molar-refractivity contribution in [1.82, 2.24) is 9.88 Å². The SMILES string of the molecule is Cc1ccc(-c2nc(C(=O)N3CC[C@@H]4CCCC[C@H]4C3)cs2)cc1. The molecule has 2 aliphatic rings. The minimum atomic E-state index is 0.119. The molecular weight excluding hydrogens is 316 g/mol. The number of fused-ring (bicyclic) bond motifs is 1. The molecule has 0 N–H and O–H groups in total. The molecule has 0 bridgehead atoms. The lowest BCUT2D eigenvalue weighted by atomic mass is 9.75. The van der Waals surface area contributed by atoms with Gasteiger partial charge >= 0.3 is 0 Å². The Morgan fingerprint density at radius 2 is 1.88 bits per heavy atom. The normalized spacial score (nSPS) is 23.8. The number of carbonyl (C=O) groups is 1. The van der Waals surface area contributed by atoms with Crippen LogP contribution in [0.5, 0.6) is 0 Å². The molecular formula is C20H24N2OS. The minimum absolute atomic E-state index is 0.119. The van der Waals surface area contributed by atoms with Crippen LogP contribution in [0.3, 0.4) is 0 Å². The smallest absolute Gasteiger partial charge is 0.273 e. The molecule has 3 nitrogen and oxygen atoms in total. The summed E-state index contributed by atoms with van der Waals surface area (Å²) in [5.41, 5.74) is 2.95. The second-order valence-electron chi connectivity index (χ2n) is 7.25. The van der Waals surface area contributed by atoms with E-state index in [1.165, 1.54) is 37.7 Å². The molecule has 0 spiro atoms. The highest BCUT2D eigenvalue weighted by Crippen LogP contribution is 2.36. The Hall–Kier alpha value is -1.68. The third kappa shape index (κ3) is 3.12. The van der Waals surface area contributed by atoms with Crippen LogP contribution in [0.2, 0.25) is 0 Å². The van der Waals surface area contributed by atoms with Crippen LogP contribution >= 0.6 is 11.3 Å². The highest BCUT2D eigenvalue weighted by atomic mass is 32.1. The molecule has 1 aromatic carbocycles. The summed E-state index contributed by atoms with van der Waals surface area (Å²) < 4.78 is 0. The highest BCUT2D eigenvalue weighted by Gasteiger charge is 2.33. The lowest BCUT2D eigenvalue weighted by Gasteiger charge is -2.41. The van der Waals surface area contributed by atoms with Crippen LogP contribution in [0.15, 0.2) is 29.6 Å². The van der Waals surface area contributed by atoms with Gasteiger partial charge in [-0.2, -0.15) is 0 Å². The molecule has 1 aliphatic carbocycles. The van der Waals surface area contributed by atoms with E-state index >= 15 is 0 Å². The molecule has 2 aromatic rings. The fraction of sp³-hybridized carbons (Fsp3) is 0.500. The maximum absolute atomic E-state index is 12.8. The Kier molecular flexibility index (Phi) is 4.40. The Balaban J connectivity index is 1.48. The Labute approximate surface area is 147 Å². The van der Waals surface area contributed by atoms with Crippen LogP contribution in [0.4, 0.5) is 0 Å². The van der Waals surface area contributed by atoms with Crippen LogP contribution in [0, 0.1) is 18.8 Å². The zero-order valence-electron chi connectivity index (χ0n) is 14.2. The summed E-state index contributed by atoms with van der Waals surface area (Å²) in [5.74, 6) is 1.68. The zero-order chi connectivity index (χ0) is 16.5. The largest absolute Gasteiger partial charge is 0.337 e. The van der Waals surface area contributed by atoms with Gasteiger partial charge in [-0.25, -0.2) is 4.98 Å². The molecule has 1 saturated carbocycles. The van der Waals surface area contributed by atoms with Gasteiger partial charge in [-0.05, 0) is 31.6 Å². The summed E-state index contributed by atoms with van der Waals surface area (Å²) in [4.78, 5) is 19.5. The quantitative estimate of drug-likeness (QED) is 0.789. The number of aromatic nitrogens is 1. The molecule has 24 heavy (non-hydrogen) atoms. The topological polar surface area (TPSA) is 33.2 Å². The molecule has 1 amide bonds. The highest BCUT2D eigenvalue weighted by molar-refractivity contribution is 7.13. The molecule has 1 saturated heterocycles. The third-order valence-corrected chi connectivity index (χ3v) is 6.49. The lowest BCUT2D eigenvalue weighted by molar-refractivity contribution is 0.0516. The van der Waals surface area contributed by atoms with E-state index in [9.17, 15) is 4.79 Å². The number of rotatable bonds is 2. The van der Waals surface area contributed by atoms with Gasteiger partial charge in [0.2, 0.25) is 0 Å². The predicted octanol–water partition coefficient (Wildman–Crippen LogP) is 4.77. The van der Waals surface area contributed by atoms with Gasteiger partial charge in [0, 0.05) is 24.0 Å². The van der Waals surface area contributed by atoms with E-state index in [0.717, 1.165) is 29.6 Å². The van der Waals surface area contributed by atoms with Crippen molar-refractivity contribution in [2.45, 2.75) is 39.0 Å². The number of nitrogens with zero attached hydrogens (tertiary/aromatic N) is 2. The van der Waals surface area contributed by atoms with E-state index < -0.39 is 0 Å². The van der Waals surface area contributed by atoms with Gasteiger partial charge in [-0.15, -0.1) is 11.3 Å². The number of amides is 1. The molecule has 2 fully saturated rings. The number of thiazole rings is 1. The molecule has 126 valence electrons. The number of likely N-dealkylation sites (tertiary alicyclic amines) is 1. The Morgan fingerprint density at radius 3 is 2.67 bits per heavy atom. The Morgan fingerprint density at radius 1 is 1.12 bits per heavy atom. The summed E-state index contributed by atoms with van der Waals surface area (Å²) in [7, 11) is 0. The van der Waals surface area contributed by atoms with E-state index in [1.54, 1.807) is 11.3 Å². The van der Waals surface area contributed by atoms with Crippen LogP contribution in [0.1, 0.15) is 48.2 Å². The number of aryl methyl sites for hydroxylation is 1.